The average Bonchev–Trinajstić information content (AvgIpc) is 3.14. The van der Waals surface area contributed by atoms with Gasteiger partial charge in [0.05, 0.1) is 10.5 Å². The smallest absolute Gasteiger partial charge is 0.256 e. The molecule has 2 fully saturated rings. The maximum atomic E-state index is 13.9. The zero-order chi connectivity index (χ0) is 23.4. The van der Waals surface area contributed by atoms with E-state index in [-0.39, 0.29) is 29.5 Å². The average molecular weight is 474 g/mol. The highest BCUT2D eigenvalue weighted by Gasteiger charge is 2.29. The van der Waals surface area contributed by atoms with Crippen LogP contribution in [0.4, 0.5) is 4.39 Å². The number of carbonyl (C=O) groups excluding carboxylic acids is 2. The van der Waals surface area contributed by atoms with Crippen molar-refractivity contribution in [2.75, 3.05) is 39.3 Å². The molecule has 0 N–H and O–H groups in total. The van der Waals surface area contributed by atoms with Crippen LogP contribution in [0.3, 0.4) is 0 Å². The van der Waals surface area contributed by atoms with Gasteiger partial charge in [0.25, 0.3) is 11.8 Å². The monoisotopic (exact) mass is 473 g/mol. The van der Waals surface area contributed by atoms with Gasteiger partial charge in [0.2, 0.25) is 10.0 Å². The van der Waals surface area contributed by atoms with Crippen molar-refractivity contribution < 1.29 is 22.4 Å². The standard InChI is InChI=1S/C24H28FN3O4S/c25-22-11-4-3-10-21(22)24(30)27-16-14-26(15-17-27)23(29)19-8-7-9-20(18-19)33(31,32)28-12-5-1-2-6-13-28/h3-4,7-11,18H,1-2,5-6,12-17H2. The van der Waals surface area contributed by atoms with Crippen LogP contribution >= 0.6 is 0 Å². The number of amides is 2. The zero-order valence-electron chi connectivity index (χ0n) is 18.5. The molecular weight excluding hydrogens is 445 g/mol. The molecule has 2 aromatic rings. The molecule has 7 nitrogen and oxygen atoms in total. The largest absolute Gasteiger partial charge is 0.335 e. The van der Waals surface area contributed by atoms with Crippen LogP contribution in [-0.4, -0.2) is 73.6 Å². The van der Waals surface area contributed by atoms with Crippen molar-refractivity contribution >= 4 is 21.8 Å². The normalized spacial score (nSPS) is 18.1. The molecule has 0 radical (unpaired) electrons. The molecule has 0 aliphatic carbocycles. The quantitative estimate of drug-likeness (QED) is 0.684. The fourth-order valence-corrected chi connectivity index (χ4v) is 5.88. The first-order valence-corrected chi connectivity index (χ1v) is 12.8. The Morgan fingerprint density at radius 3 is 1.97 bits per heavy atom. The van der Waals surface area contributed by atoms with Gasteiger partial charge in [-0.05, 0) is 43.2 Å². The number of hydrogen-bond acceptors (Lipinski definition) is 4. The van der Waals surface area contributed by atoms with Crippen LogP contribution < -0.4 is 0 Å². The Morgan fingerprint density at radius 1 is 0.727 bits per heavy atom. The van der Waals surface area contributed by atoms with Gasteiger partial charge in [0.1, 0.15) is 5.82 Å². The van der Waals surface area contributed by atoms with Crippen LogP contribution in [0.5, 0.6) is 0 Å². The van der Waals surface area contributed by atoms with Gasteiger partial charge < -0.3 is 9.80 Å². The third-order valence-electron chi connectivity index (χ3n) is 6.24. The second kappa shape index (κ2) is 10.0. The second-order valence-electron chi connectivity index (χ2n) is 8.41. The first-order chi connectivity index (χ1) is 15.9. The molecule has 0 bridgehead atoms. The summed E-state index contributed by atoms with van der Waals surface area (Å²) in [5, 5.41) is 0. The summed E-state index contributed by atoms with van der Waals surface area (Å²) < 4.78 is 41.7. The molecule has 2 saturated heterocycles. The summed E-state index contributed by atoms with van der Waals surface area (Å²) in [5.74, 6) is -1.24. The Bertz CT molecular complexity index is 1120. The molecule has 4 rings (SSSR count). The third kappa shape index (κ3) is 5.09. The maximum Gasteiger partial charge on any atom is 0.256 e. The lowest BCUT2D eigenvalue weighted by Gasteiger charge is -2.35. The van der Waals surface area contributed by atoms with Gasteiger partial charge in [-0.25, -0.2) is 12.8 Å². The van der Waals surface area contributed by atoms with Gasteiger partial charge in [-0.2, -0.15) is 4.31 Å². The summed E-state index contributed by atoms with van der Waals surface area (Å²) in [6.45, 7) is 2.15. The first-order valence-electron chi connectivity index (χ1n) is 11.3. The second-order valence-corrected chi connectivity index (χ2v) is 10.3. The van der Waals surface area contributed by atoms with Crippen LogP contribution in [0, 0.1) is 5.82 Å². The summed E-state index contributed by atoms with van der Waals surface area (Å²) in [7, 11) is -3.65. The zero-order valence-corrected chi connectivity index (χ0v) is 19.3. The summed E-state index contributed by atoms with van der Waals surface area (Å²) in [5.41, 5.74) is 0.323. The van der Waals surface area contributed by atoms with Crippen LogP contribution in [0.15, 0.2) is 53.4 Å². The summed E-state index contributed by atoms with van der Waals surface area (Å²) in [6.07, 6.45) is 3.73. The van der Waals surface area contributed by atoms with Crippen LogP contribution in [-0.2, 0) is 10.0 Å². The number of nitrogens with zero attached hydrogens (tertiary/aromatic N) is 3. The molecule has 0 unspecified atom stereocenters. The van der Waals surface area contributed by atoms with E-state index >= 15 is 0 Å². The Labute approximate surface area is 193 Å². The Morgan fingerprint density at radius 2 is 1.33 bits per heavy atom. The predicted molar refractivity (Wildman–Crippen MR) is 122 cm³/mol. The van der Waals surface area contributed by atoms with E-state index in [1.807, 2.05) is 0 Å². The summed E-state index contributed by atoms with van der Waals surface area (Å²) in [6, 6.07) is 12.0. The maximum absolute atomic E-state index is 13.9. The number of rotatable bonds is 4. The van der Waals surface area contributed by atoms with E-state index in [1.165, 1.54) is 39.5 Å². The van der Waals surface area contributed by atoms with Crippen molar-refractivity contribution in [3.05, 3.63) is 65.5 Å². The third-order valence-corrected chi connectivity index (χ3v) is 8.14. The Hall–Kier alpha value is -2.78. The molecule has 0 aromatic heterocycles. The highest BCUT2D eigenvalue weighted by molar-refractivity contribution is 7.89. The minimum Gasteiger partial charge on any atom is -0.335 e. The number of sulfonamides is 1. The molecule has 176 valence electrons. The lowest BCUT2D eigenvalue weighted by molar-refractivity contribution is 0.0532. The van der Waals surface area contributed by atoms with Crippen molar-refractivity contribution in [2.45, 2.75) is 30.6 Å². The first kappa shape index (κ1) is 23.4. The van der Waals surface area contributed by atoms with Gasteiger partial charge in [0.15, 0.2) is 0 Å². The van der Waals surface area contributed by atoms with Gasteiger partial charge in [-0.3, -0.25) is 9.59 Å². The SMILES string of the molecule is O=C(c1cccc(S(=O)(=O)N2CCCCCC2)c1)N1CCN(C(=O)c2ccccc2F)CC1. The van der Waals surface area contributed by atoms with Gasteiger partial charge in [0, 0.05) is 44.8 Å². The molecule has 33 heavy (non-hydrogen) atoms. The highest BCUT2D eigenvalue weighted by atomic mass is 32.2. The molecule has 0 spiro atoms. The molecule has 2 amide bonds. The van der Waals surface area contributed by atoms with E-state index in [0.29, 0.717) is 31.7 Å². The molecular formula is C24H28FN3O4S. The van der Waals surface area contributed by atoms with Gasteiger partial charge in [-0.15, -0.1) is 0 Å². The van der Waals surface area contributed by atoms with Crippen LogP contribution in [0.2, 0.25) is 0 Å². The highest BCUT2D eigenvalue weighted by Crippen LogP contribution is 2.22. The molecule has 2 aliphatic rings. The molecule has 2 aliphatic heterocycles. The predicted octanol–water partition coefficient (Wildman–Crippen LogP) is 2.99. The number of halogens is 1. The fraction of sp³-hybridized carbons (Fsp3) is 0.417. The summed E-state index contributed by atoms with van der Waals surface area (Å²) in [4.78, 5) is 28.9. The number of benzene rings is 2. The van der Waals surface area contributed by atoms with Crippen molar-refractivity contribution in [1.82, 2.24) is 14.1 Å². The van der Waals surface area contributed by atoms with Crippen molar-refractivity contribution in [3.8, 4) is 0 Å². The molecule has 0 atom stereocenters. The molecule has 9 heteroatoms. The van der Waals surface area contributed by atoms with Crippen LogP contribution in [0.1, 0.15) is 46.4 Å². The molecule has 2 heterocycles. The topological polar surface area (TPSA) is 78.0 Å². The number of piperazine rings is 1. The lowest BCUT2D eigenvalue weighted by atomic mass is 10.1. The lowest BCUT2D eigenvalue weighted by Crippen LogP contribution is -2.50. The number of carbonyl (C=O) groups is 2. The van der Waals surface area contributed by atoms with Crippen molar-refractivity contribution in [3.63, 3.8) is 0 Å². The minimum atomic E-state index is -3.65. The van der Waals surface area contributed by atoms with E-state index in [4.69, 9.17) is 0 Å². The Kier molecular flexibility index (Phi) is 7.09. The molecule has 0 saturated carbocycles. The van der Waals surface area contributed by atoms with Gasteiger partial charge in [-0.1, -0.05) is 31.0 Å². The van der Waals surface area contributed by atoms with Crippen molar-refractivity contribution in [2.24, 2.45) is 0 Å². The van der Waals surface area contributed by atoms with E-state index in [1.54, 1.807) is 23.1 Å². The van der Waals surface area contributed by atoms with E-state index in [2.05, 4.69) is 0 Å². The van der Waals surface area contributed by atoms with Crippen molar-refractivity contribution in [1.29, 1.82) is 0 Å². The fourth-order valence-electron chi connectivity index (χ4n) is 4.32. The van der Waals surface area contributed by atoms with Gasteiger partial charge >= 0.3 is 0 Å². The van der Waals surface area contributed by atoms with E-state index < -0.39 is 21.7 Å². The molecule has 2 aromatic carbocycles. The summed E-state index contributed by atoms with van der Waals surface area (Å²) >= 11 is 0. The van der Waals surface area contributed by atoms with Crippen LogP contribution in [0.25, 0.3) is 0 Å². The van der Waals surface area contributed by atoms with E-state index in [9.17, 15) is 22.4 Å². The Balaban J connectivity index is 1.43. The number of hydrogen-bond donors (Lipinski definition) is 0. The van der Waals surface area contributed by atoms with E-state index in [0.717, 1.165) is 25.7 Å². The minimum absolute atomic E-state index is 0.0173.